The van der Waals surface area contributed by atoms with Crippen LogP contribution in [0, 0.1) is 5.82 Å². The molecular formula is C10H9F3O. The van der Waals surface area contributed by atoms with Crippen molar-refractivity contribution >= 4 is 5.78 Å². The Balaban J connectivity index is 3.21. The highest BCUT2D eigenvalue weighted by molar-refractivity contribution is 5.94. The van der Waals surface area contributed by atoms with Gasteiger partial charge in [0, 0.05) is 12.5 Å². The molecule has 0 aromatic heterocycles. The largest absolute Gasteiger partial charge is 0.295 e. The van der Waals surface area contributed by atoms with E-state index in [1.54, 1.807) is 0 Å². The first-order valence-corrected chi connectivity index (χ1v) is 4.01. The highest BCUT2D eigenvalue weighted by Gasteiger charge is 2.28. The number of hydrogen-bond acceptors (Lipinski definition) is 1. The molecule has 0 fully saturated rings. The molecule has 0 amide bonds. The third kappa shape index (κ3) is 2.13. The molecule has 0 saturated heterocycles. The molecule has 0 heterocycles. The van der Waals surface area contributed by atoms with Crippen molar-refractivity contribution in [1.82, 2.24) is 0 Å². The SMILES string of the molecule is CC(=O)c1ccc(C(C)(F)F)c(F)c1. The third-order valence-electron chi connectivity index (χ3n) is 1.85. The van der Waals surface area contributed by atoms with Gasteiger partial charge in [-0.05, 0) is 19.1 Å². The highest BCUT2D eigenvalue weighted by Crippen LogP contribution is 2.29. The summed E-state index contributed by atoms with van der Waals surface area (Å²) < 4.78 is 38.5. The van der Waals surface area contributed by atoms with E-state index >= 15 is 0 Å². The van der Waals surface area contributed by atoms with Gasteiger partial charge in [-0.1, -0.05) is 6.07 Å². The molecule has 14 heavy (non-hydrogen) atoms. The number of halogens is 3. The summed E-state index contributed by atoms with van der Waals surface area (Å²) in [6.07, 6.45) is 0. The molecule has 0 unspecified atom stereocenters. The molecule has 0 aliphatic heterocycles. The lowest BCUT2D eigenvalue weighted by Crippen LogP contribution is -2.10. The summed E-state index contributed by atoms with van der Waals surface area (Å²) in [7, 11) is 0. The average molecular weight is 202 g/mol. The van der Waals surface area contributed by atoms with Crippen molar-refractivity contribution in [2.75, 3.05) is 0 Å². The van der Waals surface area contributed by atoms with Gasteiger partial charge in [0.2, 0.25) is 0 Å². The Hall–Kier alpha value is -1.32. The normalized spacial score (nSPS) is 11.5. The minimum atomic E-state index is -3.22. The van der Waals surface area contributed by atoms with Crippen molar-refractivity contribution in [1.29, 1.82) is 0 Å². The smallest absolute Gasteiger partial charge is 0.273 e. The maximum Gasteiger partial charge on any atom is 0.273 e. The first kappa shape index (κ1) is 10.8. The quantitative estimate of drug-likeness (QED) is 0.673. The summed E-state index contributed by atoms with van der Waals surface area (Å²) in [6.45, 7) is 1.86. The second-order valence-corrected chi connectivity index (χ2v) is 3.14. The minimum absolute atomic E-state index is 0.0931. The minimum Gasteiger partial charge on any atom is -0.295 e. The van der Waals surface area contributed by atoms with Gasteiger partial charge in [0.15, 0.2) is 5.78 Å². The van der Waals surface area contributed by atoms with E-state index in [0.717, 1.165) is 12.1 Å². The molecule has 1 rings (SSSR count). The average Bonchev–Trinajstić information content (AvgIpc) is 2.01. The molecule has 4 heteroatoms. The van der Waals surface area contributed by atoms with Crippen LogP contribution in [0.1, 0.15) is 29.8 Å². The summed E-state index contributed by atoms with van der Waals surface area (Å²) in [5.74, 6) is -4.63. The van der Waals surface area contributed by atoms with E-state index in [-0.39, 0.29) is 11.3 Å². The summed E-state index contributed by atoms with van der Waals surface area (Å²) in [4.78, 5) is 10.8. The van der Waals surface area contributed by atoms with Crippen molar-refractivity contribution in [2.45, 2.75) is 19.8 Å². The second-order valence-electron chi connectivity index (χ2n) is 3.14. The van der Waals surface area contributed by atoms with Crippen LogP contribution in [-0.4, -0.2) is 5.78 Å². The fourth-order valence-electron chi connectivity index (χ4n) is 1.09. The standard InChI is InChI=1S/C10H9F3O/c1-6(14)7-3-4-8(9(11)5-7)10(2,12)13/h3-5H,1-2H3. The first-order chi connectivity index (χ1) is 6.32. The van der Waals surface area contributed by atoms with Crippen molar-refractivity contribution < 1.29 is 18.0 Å². The van der Waals surface area contributed by atoms with E-state index in [1.165, 1.54) is 13.0 Å². The van der Waals surface area contributed by atoms with Crippen molar-refractivity contribution in [3.8, 4) is 0 Å². The van der Waals surface area contributed by atoms with Crippen LogP contribution < -0.4 is 0 Å². The number of benzene rings is 1. The number of alkyl halides is 2. The molecule has 1 aromatic rings. The van der Waals surface area contributed by atoms with Crippen molar-refractivity contribution in [2.24, 2.45) is 0 Å². The Morgan fingerprint density at radius 3 is 2.29 bits per heavy atom. The summed E-state index contributed by atoms with van der Waals surface area (Å²) in [5.41, 5.74) is -0.599. The van der Waals surface area contributed by atoms with E-state index in [9.17, 15) is 18.0 Å². The molecule has 0 N–H and O–H groups in total. The van der Waals surface area contributed by atoms with Gasteiger partial charge in [-0.2, -0.15) is 0 Å². The predicted octanol–water partition coefficient (Wildman–Crippen LogP) is 3.14. The zero-order chi connectivity index (χ0) is 10.9. The highest BCUT2D eigenvalue weighted by atomic mass is 19.3. The number of carbonyl (C=O) groups excluding carboxylic acids is 1. The number of carbonyl (C=O) groups is 1. The van der Waals surface area contributed by atoms with Crippen molar-refractivity contribution in [3.63, 3.8) is 0 Å². The van der Waals surface area contributed by atoms with E-state index < -0.39 is 17.3 Å². The molecule has 0 atom stereocenters. The van der Waals surface area contributed by atoms with E-state index in [0.29, 0.717) is 6.92 Å². The van der Waals surface area contributed by atoms with Gasteiger partial charge in [0.25, 0.3) is 5.92 Å². The van der Waals surface area contributed by atoms with Crippen molar-refractivity contribution in [3.05, 3.63) is 35.1 Å². The summed E-state index contributed by atoms with van der Waals surface area (Å²) >= 11 is 0. The Morgan fingerprint density at radius 2 is 1.93 bits per heavy atom. The maximum atomic E-state index is 13.1. The fraction of sp³-hybridized carbons (Fsp3) is 0.300. The van der Waals surface area contributed by atoms with E-state index in [4.69, 9.17) is 0 Å². The number of Topliss-reactive ketones (excluding diaryl/α,β-unsaturated/α-hetero) is 1. The van der Waals surface area contributed by atoms with Crippen LogP contribution in [0.5, 0.6) is 0 Å². The Bertz CT molecular complexity index is 366. The summed E-state index contributed by atoms with van der Waals surface area (Å²) in [6, 6.07) is 2.96. The molecule has 0 spiro atoms. The number of hydrogen-bond donors (Lipinski definition) is 0. The summed E-state index contributed by atoms with van der Waals surface area (Å²) in [5, 5.41) is 0. The fourth-order valence-corrected chi connectivity index (χ4v) is 1.09. The number of rotatable bonds is 2. The Kier molecular flexibility index (Phi) is 2.64. The molecule has 0 radical (unpaired) electrons. The van der Waals surface area contributed by atoms with Gasteiger partial charge in [0.05, 0.1) is 5.56 Å². The van der Waals surface area contributed by atoms with Crippen LogP contribution in [0.2, 0.25) is 0 Å². The molecule has 0 aliphatic rings. The lowest BCUT2D eigenvalue weighted by atomic mass is 10.0. The number of ketones is 1. The van der Waals surface area contributed by atoms with Crippen LogP contribution in [0.4, 0.5) is 13.2 Å². The van der Waals surface area contributed by atoms with Crippen LogP contribution in [0.25, 0.3) is 0 Å². The van der Waals surface area contributed by atoms with Gasteiger partial charge < -0.3 is 0 Å². The predicted molar refractivity (Wildman–Crippen MR) is 46.0 cm³/mol. The topological polar surface area (TPSA) is 17.1 Å². The lowest BCUT2D eigenvalue weighted by molar-refractivity contribution is 0.0137. The zero-order valence-corrected chi connectivity index (χ0v) is 7.77. The Morgan fingerprint density at radius 1 is 1.36 bits per heavy atom. The lowest BCUT2D eigenvalue weighted by Gasteiger charge is -2.11. The molecule has 0 saturated carbocycles. The van der Waals surface area contributed by atoms with Gasteiger partial charge in [-0.25, -0.2) is 13.2 Å². The van der Waals surface area contributed by atoms with Crippen LogP contribution >= 0.6 is 0 Å². The molecule has 0 aliphatic carbocycles. The molecule has 0 bridgehead atoms. The van der Waals surface area contributed by atoms with Crippen LogP contribution in [-0.2, 0) is 5.92 Å². The van der Waals surface area contributed by atoms with Crippen LogP contribution in [0.3, 0.4) is 0 Å². The van der Waals surface area contributed by atoms with E-state index in [2.05, 4.69) is 0 Å². The van der Waals surface area contributed by atoms with Gasteiger partial charge >= 0.3 is 0 Å². The molecule has 76 valence electrons. The van der Waals surface area contributed by atoms with Gasteiger partial charge in [-0.15, -0.1) is 0 Å². The third-order valence-corrected chi connectivity index (χ3v) is 1.85. The van der Waals surface area contributed by atoms with Gasteiger partial charge in [-0.3, -0.25) is 4.79 Å². The Labute approximate surface area is 79.5 Å². The molecular weight excluding hydrogens is 193 g/mol. The monoisotopic (exact) mass is 202 g/mol. The first-order valence-electron chi connectivity index (χ1n) is 4.01. The van der Waals surface area contributed by atoms with E-state index in [1.807, 2.05) is 0 Å². The van der Waals surface area contributed by atoms with Gasteiger partial charge in [0.1, 0.15) is 5.82 Å². The molecule has 1 nitrogen and oxygen atoms in total. The van der Waals surface area contributed by atoms with Crippen LogP contribution in [0.15, 0.2) is 18.2 Å². The molecule has 1 aromatic carbocycles. The maximum absolute atomic E-state index is 13.1. The zero-order valence-electron chi connectivity index (χ0n) is 7.77. The second kappa shape index (κ2) is 3.44.